The SMILES string of the molecule is CC(C)N(CCC(=O)O)C(=O)c1csc(N)n1. The molecule has 17 heavy (non-hydrogen) atoms. The van der Waals surface area contributed by atoms with Gasteiger partial charge in [0.05, 0.1) is 6.42 Å². The van der Waals surface area contributed by atoms with Gasteiger partial charge in [-0.3, -0.25) is 9.59 Å². The number of nitrogens with two attached hydrogens (primary N) is 1. The van der Waals surface area contributed by atoms with Crippen LogP contribution in [-0.2, 0) is 4.79 Å². The first-order valence-electron chi connectivity index (χ1n) is 5.15. The molecule has 0 unspecified atom stereocenters. The Morgan fingerprint density at radius 3 is 2.65 bits per heavy atom. The van der Waals surface area contributed by atoms with Crippen LogP contribution >= 0.6 is 11.3 Å². The maximum Gasteiger partial charge on any atom is 0.305 e. The Bertz CT molecular complexity index is 417. The Morgan fingerprint density at radius 1 is 1.59 bits per heavy atom. The molecule has 1 aromatic rings. The van der Waals surface area contributed by atoms with Gasteiger partial charge in [-0.05, 0) is 13.8 Å². The number of hydrogen-bond donors (Lipinski definition) is 2. The molecule has 3 N–H and O–H groups in total. The number of anilines is 1. The summed E-state index contributed by atoms with van der Waals surface area (Å²) in [6, 6.07) is -0.0789. The van der Waals surface area contributed by atoms with E-state index in [-0.39, 0.29) is 30.6 Å². The summed E-state index contributed by atoms with van der Waals surface area (Å²) in [5.74, 6) is -1.21. The zero-order chi connectivity index (χ0) is 13.0. The van der Waals surface area contributed by atoms with E-state index in [2.05, 4.69) is 4.98 Å². The predicted octanol–water partition coefficient (Wildman–Crippen LogP) is 1.05. The molecule has 94 valence electrons. The van der Waals surface area contributed by atoms with Gasteiger partial charge in [-0.25, -0.2) is 4.98 Å². The van der Waals surface area contributed by atoms with Crippen LogP contribution in [0.2, 0.25) is 0 Å². The van der Waals surface area contributed by atoms with Crippen molar-refractivity contribution in [1.29, 1.82) is 0 Å². The minimum Gasteiger partial charge on any atom is -0.481 e. The van der Waals surface area contributed by atoms with Crippen LogP contribution in [0.15, 0.2) is 5.38 Å². The van der Waals surface area contributed by atoms with Crippen LogP contribution in [0.5, 0.6) is 0 Å². The summed E-state index contributed by atoms with van der Waals surface area (Å²) in [5, 5.41) is 10.5. The summed E-state index contributed by atoms with van der Waals surface area (Å²) in [5.41, 5.74) is 5.73. The molecule has 0 bridgehead atoms. The van der Waals surface area contributed by atoms with E-state index < -0.39 is 5.97 Å². The van der Waals surface area contributed by atoms with Crippen molar-refractivity contribution in [3.63, 3.8) is 0 Å². The molecular weight excluding hydrogens is 242 g/mol. The van der Waals surface area contributed by atoms with Crippen LogP contribution in [0, 0.1) is 0 Å². The molecule has 1 amide bonds. The summed E-state index contributed by atoms with van der Waals surface area (Å²) in [6.45, 7) is 3.83. The summed E-state index contributed by atoms with van der Waals surface area (Å²) < 4.78 is 0. The number of amides is 1. The first-order valence-corrected chi connectivity index (χ1v) is 6.03. The Kier molecular flexibility index (Phi) is 4.45. The largest absolute Gasteiger partial charge is 0.481 e. The van der Waals surface area contributed by atoms with Crippen LogP contribution < -0.4 is 5.73 Å². The van der Waals surface area contributed by atoms with E-state index in [0.717, 1.165) is 0 Å². The van der Waals surface area contributed by atoms with E-state index in [1.807, 2.05) is 13.8 Å². The van der Waals surface area contributed by atoms with Crippen molar-refractivity contribution in [2.45, 2.75) is 26.3 Å². The summed E-state index contributed by atoms with van der Waals surface area (Å²) >= 11 is 1.19. The maximum absolute atomic E-state index is 12.0. The predicted molar refractivity (Wildman–Crippen MR) is 65.0 cm³/mol. The minimum absolute atomic E-state index is 0.0789. The van der Waals surface area contributed by atoms with Gasteiger partial charge in [-0.15, -0.1) is 11.3 Å². The molecule has 1 aromatic heterocycles. The summed E-state index contributed by atoms with van der Waals surface area (Å²) in [7, 11) is 0. The first-order chi connectivity index (χ1) is 7.91. The Hall–Kier alpha value is -1.63. The second kappa shape index (κ2) is 5.62. The fraction of sp³-hybridized carbons (Fsp3) is 0.500. The Balaban J connectivity index is 2.77. The Morgan fingerprint density at radius 2 is 2.24 bits per heavy atom. The normalized spacial score (nSPS) is 10.5. The van der Waals surface area contributed by atoms with Crippen molar-refractivity contribution < 1.29 is 14.7 Å². The number of carboxylic acids is 1. The minimum atomic E-state index is -0.929. The van der Waals surface area contributed by atoms with Gasteiger partial charge in [0.1, 0.15) is 5.69 Å². The molecule has 0 aliphatic carbocycles. The second-order valence-corrected chi connectivity index (χ2v) is 4.70. The van der Waals surface area contributed by atoms with Crippen LogP contribution in [0.4, 0.5) is 5.13 Å². The highest BCUT2D eigenvalue weighted by molar-refractivity contribution is 7.13. The number of carbonyl (C=O) groups is 2. The van der Waals surface area contributed by atoms with Crippen LogP contribution in [0.3, 0.4) is 0 Å². The van der Waals surface area contributed by atoms with E-state index in [1.54, 1.807) is 5.38 Å². The highest BCUT2D eigenvalue weighted by Gasteiger charge is 2.21. The van der Waals surface area contributed by atoms with E-state index in [9.17, 15) is 9.59 Å². The van der Waals surface area contributed by atoms with Crippen molar-refractivity contribution >= 4 is 28.3 Å². The average Bonchev–Trinajstić information content (AvgIpc) is 2.63. The molecule has 0 aliphatic heterocycles. The lowest BCUT2D eigenvalue weighted by Crippen LogP contribution is -2.38. The van der Waals surface area contributed by atoms with Gasteiger partial charge in [0.15, 0.2) is 5.13 Å². The van der Waals surface area contributed by atoms with Gasteiger partial charge < -0.3 is 15.7 Å². The molecule has 0 saturated heterocycles. The van der Waals surface area contributed by atoms with E-state index in [0.29, 0.717) is 5.13 Å². The van der Waals surface area contributed by atoms with Crippen LogP contribution in [0.25, 0.3) is 0 Å². The molecule has 0 aliphatic rings. The molecule has 1 rings (SSSR count). The highest BCUT2D eigenvalue weighted by atomic mass is 32.1. The number of rotatable bonds is 5. The first kappa shape index (κ1) is 13.4. The van der Waals surface area contributed by atoms with Crippen LogP contribution in [-0.4, -0.2) is 39.5 Å². The number of thiazole rings is 1. The lowest BCUT2D eigenvalue weighted by atomic mass is 10.2. The summed E-state index contributed by atoms with van der Waals surface area (Å²) in [6.07, 6.45) is -0.0798. The number of carboxylic acid groups (broad SMARTS) is 1. The summed E-state index contributed by atoms with van der Waals surface area (Å²) in [4.78, 5) is 27.9. The zero-order valence-electron chi connectivity index (χ0n) is 9.71. The third kappa shape index (κ3) is 3.70. The van der Waals surface area contributed by atoms with Gasteiger partial charge in [-0.2, -0.15) is 0 Å². The van der Waals surface area contributed by atoms with E-state index in [1.165, 1.54) is 16.2 Å². The number of nitrogen functional groups attached to an aromatic ring is 1. The van der Waals surface area contributed by atoms with Crippen molar-refractivity contribution in [1.82, 2.24) is 9.88 Å². The number of hydrogen-bond acceptors (Lipinski definition) is 5. The number of aromatic nitrogens is 1. The average molecular weight is 257 g/mol. The molecule has 0 atom stereocenters. The fourth-order valence-electron chi connectivity index (χ4n) is 1.34. The van der Waals surface area contributed by atoms with Crippen molar-refractivity contribution in [3.05, 3.63) is 11.1 Å². The number of carbonyl (C=O) groups excluding carboxylic acids is 1. The Labute approximate surface area is 103 Å². The van der Waals surface area contributed by atoms with Crippen molar-refractivity contribution in [3.8, 4) is 0 Å². The van der Waals surface area contributed by atoms with Crippen molar-refractivity contribution in [2.75, 3.05) is 12.3 Å². The maximum atomic E-state index is 12.0. The van der Waals surface area contributed by atoms with Gasteiger partial charge in [0.25, 0.3) is 5.91 Å². The lowest BCUT2D eigenvalue weighted by Gasteiger charge is -2.25. The highest BCUT2D eigenvalue weighted by Crippen LogP contribution is 2.14. The molecule has 1 heterocycles. The molecule has 0 saturated carbocycles. The molecule has 7 heteroatoms. The fourth-order valence-corrected chi connectivity index (χ4v) is 1.88. The van der Waals surface area contributed by atoms with Crippen molar-refractivity contribution in [2.24, 2.45) is 0 Å². The quantitative estimate of drug-likeness (QED) is 0.821. The van der Waals surface area contributed by atoms with Gasteiger partial charge in [-0.1, -0.05) is 0 Å². The second-order valence-electron chi connectivity index (χ2n) is 3.81. The monoisotopic (exact) mass is 257 g/mol. The van der Waals surface area contributed by atoms with Gasteiger partial charge in [0.2, 0.25) is 0 Å². The third-order valence-corrected chi connectivity index (χ3v) is 2.87. The topological polar surface area (TPSA) is 96.5 Å². The third-order valence-electron chi connectivity index (χ3n) is 2.19. The van der Waals surface area contributed by atoms with Gasteiger partial charge in [0, 0.05) is 18.0 Å². The van der Waals surface area contributed by atoms with E-state index in [4.69, 9.17) is 10.8 Å². The van der Waals surface area contributed by atoms with Gasteiger partial charge >= 0.3 is 5.97 Å². The molecule has 0 radical (unpaired) electrons. The smallest absolute Gasteiger partial charge is 0.305 e. The zero-order valence-corrected chi connectivity index (χ0v) is 10.5. The number of nitrogens with zero attached hydrogens (tertiary/aromatic N) is 2. The molecule has 0 spiro atoms. The standard InChI is InChI=1S/C10H15N3O3S/c1-6(2)13(4-3-8(14)15)9(16)7-5-17-10(11)12-7/h5-6H,3-4H2,1-2H3,(H2,11,12)(H,14,15). The number of aliphatic carboxylic acids is 1. The van der Waals surface area contributed by atoms with Crippen LogP contribution in [0.1, 0.15) is 30.8 Å². The van der Waals surface area contributed by atoms with E-state index >= 15 is 0 Å². The molecular formula is C10H15N3O3S. The molecule has 6 nitrogen and oxygen atoms in total. The molecule has 0 aromatic carbocycles. The molecule has 0 fully saturated rings. The lowest BCUT2D eigenvalue weighted by molar-refractivity contribution is -0.137.